The van der Waals surface area contributed by atoms with Crippen molar-refractivity contribution in [2.24, 2.45) is 5.16 Å². The predicted octanol–water partition coefficient (Wildman–Crippen LogP) is 3.14. The van der Waals surface area contributed by atoms with Gasteiger partial charge in [0.2, 0.25) is 0 Å². The van der Waals surface area contributed by atoms with Gasteiger partial charge in [0.15, 0.2) is 5.71 Å². The van der Waals surface area contributed by atoms with Crippen LogP contribution in [0.15, 0.2) is 53.7 Å². The van der Waals surface area contributed by atoms with Gasteiger partial charge < -0.3 is 14.9 Å². The van der Waals surface area contributed by atoms with Gasteiger partial charge in [-0.3, -0.25) is 4.79 Å². The molecule has 0 aliphatic rings. The fourth-order valence-electron chi connectivity index (χ4n) is 2.11. The van der Waals surface area contributed by atoms with E-state index in [1.54, 1.807) is 7.05 Å². The Labute approximate surface area is 135 Å². The van der Waals surface area contributed by atoms with Crippen molar-refractivity contribution >= 4 is 11.6 Å². The van der Waals surface area contributed by atoms with Crippen molar-refractivity contribution in [1.82, 2.24) is 5.32 Å². The van der Waals surface area contributed by atoms with Crippen LogP contribution in [0.5, 0.6) is 11.5 Å². The van der Waals surface area contributed by atoms with Crippen molar-refractivity contribution in [3.05, 3.63) is 59.7 Å². The van der Waals surface area contributed by atoms with Crippen molar-refractivity contribution in [2.45, 2.75) is 13.3 Å². The molecule has 0 radical (unpaired) electrons. The number of carbonyl (C=O) groups is 1. The molecule has 0 aliphatic carbocycles. The zero-order valence-corrected chi connectivity index (χ0v) is 13.5. The third-order valence-electron chi connectivity index (χ3n) is 3.30. The smallest absolute Gasteiger partial charge is 0.273 e. The van der Waals surface area contributed by atoms with Gasteiger partial charge in [-0.05, 0) is 36.2 Å². The molecule has 5 heteroatoms. The molecular formula is C18H20N2O3. The molecule has 23 heavy (non-hydrogen) atoms. The lowest BCUT2D eigenvalue weighted by Gasteiger charge is -2.13. The normalized spacial score (nSPS) is 11.0. The number of amides is 1. The first-order valence-corrected chi connectivity index (χ1v) is 7.39. The highest BCUT2D eigenvalue weighted by Crippen LogP contribution is 2.27. The van der Waals surface area contributed by atoms with Crippen LogP contribution in [0.4, 0.5) is 0 Å². The highest BCUT2D eigenvalue weighted by atomic mass is 16.6. The van der Waals surface area contributed by atoms with Crippen LogP contribution in [0.3, 0.4) is 0 Å². The number of hydrogen-bond donors (Lipinski definition) is 1. The first-order valence-electron chi connectivity index (χ1n) is 7.39. The van der Waals surface area contributed by atoms with E-state index in [0.29, 0.717) is 17.1 Å². The molecule has 0 aliphatic heterocycles. The van der Waals surface area contributed by atoms with E-state index >= 15 is 0 Å². The van der Waals surface area contributed by atoms with Crippen LogP contribution in [-0.2, 0) is 16.1 Å². The third-order valence-corrected chi connectivity index (χ3v) is 3.30. The zero-order valence-electron chi connectivity index (χ0n) is 13.5. The molecule has 5 nitrogen and oxygen atoms in total. The molecule has 0 spiro atoms. The number of aryl methyl sites for hydroxylation is 1. The van der Waals surface area contributed by atoms with Gasteiger partial charge in [0, 0.05) is 7.05 Å². The van der Waals surface area contributed by atoms with E-state index in [0.717, 1.165) is 12.0 Å². The molecule has 2 rings (SSSR count). The number of para-hydroxylation sites is 1. The van der Waals surface area contributed by atoms with E-state index in [1.807, 2.05) is 55.5 Å². The molecule has 0 heterocycles. The van der Waals surface area contributed by atoms with E-state index in [2.05, 4.69) is 10.5 Å². The average molecular weight is 312 g/mol. The Kier molecular flexibility index (Phi) is 5.74. The van der Waals surface area contributed by atoms with E-state index in [1.165, 1.54) is 7.11 Å². The van der Waals surface area contributed by atoms with Crippen LogP contribution in [0.25, 0.3) is 0 Å². The lowest BCUT2D eigenvalue weighted by Crippen LogP contribution is -2.29. The van der Waals surface area contributed by atoms with Gasteiger partial charge in [-0.2, -0.15) is 0 Å². The summed E-state index contributed by atoms with van der Waals surface area (Å²) in [5, 5.41) is 6.44. The molecule has 0 bridgehead atoms. The fourth-order valence-corrected chi connectivity index (χ4v) is 2.11. The highest BCUT2D eigenvalue weighted by molar-refractivity contribution is 6.45. The number of benzene rings is 2. The number of nitrogens with one attached hydrogen (secondary N) is 1. The quantitative estimate of drug-likeness (QED) is 0.658. The minimum atomic E-state index is -0.335. The molecule has 0 aromatic heterocycles. The van der Waals surface area contributed by atoms with Crippen molar-refractivity contribution in [2.75, 3.05) is 14.2 Å². The maximum atomic E-state index is 12.1. The van der Waals surface area contributed by atoms with Crippen molar-refractivity contribution in [3.8, 4) is 11.5 Å². The summed E-state index contributed by atoms with van der Waals surface area (Å²) in [4.78, 5) is 17.0. The minimum absolute atomic E-state index is 0.177. The maximum absolute atomic E-state index is 12.1. The van der Waals surface area contributed by atoms with Crippen LogP contribution in [-0.4, -0.2) is 25.8 Å². The number of nitrogens with zero attached hydrogens (tertiary/aromatic N) is 1. The monoisotopic (exact) mass is 312 g/mol. The summed E-state index contributed by atoms with van der Waals surface area (Å²) in [6.45, 7) is 2.05. The molecule has 120 valence electrons. The standard InChI is InChI=1S/C18H20N2O3/c1-4-13-10-11-16(23-14-8-6-5-7-9-14)15(12-13)17(20-22-3)18(21)19-2/h5-12H,4H2,1-3H3,(H,19,21). The van der Waals surface area contributed by atoms with Crippen LogP contribution in [0.2, 0.25) is 0 Å². The number of ether oxygens (including phenoxy) is 1. The van der Waals surface area contributed by atoms with E-state index in [9.17, 15) is 4.79 Å². The first kappa shape index (κ1) is 16.5. The molecule has 0 atom stereocenters. The first-order chi connectivity index (χ1) is 11.2. The summed E-state index contributed by atoms with van der Waals surface area (Å²) in [5.74, 6) is 0.900. The lowest BCUT2D eigenvalue weighted by atomic mass is 10.0. The Bertz CT molecular complexity index is 697. The summed E-state index contributed by atoms with van der Waals surface area (Å²) >= 11 is 0. The van der Waals surface area contributed by atoms with Crippen LogP contribution in [0.1, 0.15) is 18.1 Å². The Morgan fingerprint density at radius 3 is 2.52 bits per heavy atom. The molecule has 1 N–H and O–H groups in total. The second-order valence-electron chi connectivity index (χ2n) is 4.80. The summed E-state index contributed by atoms with van der Waals surface area (Å²) in [5.41, 5.74) is 1.85. The summed E-state index contributed by atoms with van der Waals surface area (Å²) in [7, 11) is 2.96. The van der Waals surface area contributed by atoms with E-state index in [-0.39, 0.29) is 11.6 Å². The number of rotatable bonds is 6. The van der Waals surface area contributed by atoms with Crippen molar-refractivity contribution in [3.63, 3.8) is 0 Å². The molecule has 0 unspecified atom stereocenters. The van der Waals surface area contributed by atoms with Gasteiger partial charge in [0.1, 0.15) is 18.6 Å². The minimum Gasteiger partial charge on any atom is -0.457 e. The molecule has 2 aromatic rings. The number of hydrogen-bond acceptors (Lipinski definition) is 4. The molecular weight excluding hydrogens is 292 g/mol. The van der Waals surface area contributed by atoms with Gasteiger partial charge >= 0.3 is 0 Å². The van der Waals surface area contributed by atoms with Crippen LogP contribution >= 0.6 is 0 Å². The van der Waals surface area contributed by atoms with Gasteiger partial charge in [-0.15, -0.1) is 0 Å². The van der Waals surface area contributed by atoms with E-state index in [4.69, 9.17) is 9.57 Å². The topological polar surface area (TPSA) is 59.9 Å². The predicted molar refractivity (Wildman–Crippen MR) is 89.9 cm³/mol. The number of likely N-dealkylation sites (N-methyl/N-ethyl adjacent to an activating group) is 1. The number of oxime groups is 1. The van der Waals surface area contributed by atoms with Gasteiger partial charge in [0.05, 0.1) is 5.56 Å². The molecule has 0 saturated heterocycles. The van der Waals surface area contributed by atoms with Gasteiger partial charge in [-0.1, -0.05) is 36.3 Å². The van der Waals surface area contributed by atoms with Gasteiger partial charge in [0.25, 0.3) is 5.91 Å². The van der Waals surface area contributed by atoms with Crippen molar-refractivity contribution < 1.29 is 14.4 Å². The lowest BCUT2D eigenvalue weighted by molar-refractivity contribution is -0.114. The Balaban J connectivity index is 2.50. The number of carbonyl (C=O) groups excluding carboxylic acids is 1. The second-order valence-corrected chi connectivity index (χ2v) is 4.80. The second kappa shape index (κ2) is 7.98. The zero-order chi connectivity index (χ0) is 16.7. The Morgan fingerprint density at radius 1 is 1.17 bits per heavy atom. The molecule has 2 aromatic carbocycles. The summed E-state index contributed by atoms with van der Waals surface area (Å²) in [6.07, 6.45) is 0.840. The molecule has 0 fully saturated rings. The summed E-state index contributed by atoms with van der Waals surface area (Å²) < 4.78 is 5.91. The van der Waals surface area contributed by atoms with Crippen LogP contribution < -0.4 is 10.1 Å². The Hall–Kier alpha value is -2.82. The highest BCUT2D eigenvalue weighted by Gasteiger charge is 2.19. The van der Waals surface area contributed by atoms with Gasteiger partial charge in [-0.25, -0.2) is 0 Å². The maximum Gasteiger partial charge on any atom is 0.273 e. The summed E-state index contributed by atoms with van der Waals surface area (Å²) in [6, 6.07) is 15.1. The SMILES string of the molecule is CCc1ccc(Oc2ccccc2)c(C(=NOC)C(=O)NC)c1. The third kappa shape index (κ3) is 4.10. The average Bonchev–Trinajstić information content (AvgIpc) is 2.60. The Morgan fingerprint density at radius 2 is 1.91 bits per heavy atom. The fraction of sp³-hybridized carbons (Fsp3) is 0.222. The van der Waals surface area contributed by atoms with E-state index < -0.39 is 0 Å². The van der Waals surface area contributed by atoms with Crippen LogP contribution in [0, 0.1) is 0 Å². The molecule has 0 saturated carbocycles. The van der Waals surface area contributed by atoms with Crippen molar-refractivity contribution in [1.29, 1.82) is 0 Å². The largest absolute Gasteiger partial charge is 0.457 e. The molecule has 1 amide bonds.